The maximum absolute atomic E-state index is 5.76. The molecule has 2 atom stereocenters. The van der Waals surface area contributed by atoms with E-state index in [-0.39, 0.29) is 6.04 Å². The number of nitrogens with two attached hydrogens (primary N) is 1. The Kier molecular flexibility index (Phi) is 4.71. The molecule has 1 aromatic carbocycles. The summed E-state index contributed by atoms with van der Waals surface area (Å²) in [4.78, 5) is 0. The van der Waals surface area contributed by atoms with Crippen molar-refractivity contribution in [3.05, 3.63) is 22.2 Å². The van der Waals surface area contributed by atoms with Crippen molar-refractivity contribution in [2.45, 2.75) is 25.8 Å². The van der Waals surface area contributed by atoms with Crippen LogP contribution in [0.1, 0.15) is 31.4 Å². The number of nitrogens with one attached hydrogen (secondary N) is 1. The van der Waals surface area contributed by atoms with Crippen molar-refractivity contribution in [3.63, 3.8) is 0 Å². The highest BCUT2D eigenvalue weighted by Gasteiger charge is 2.35. The van der Waals surface area contributed by atoms with Gasteiger partial charge in [-0.25, -0.2) is 0 Å². The second-order valence-corrected chi connectivity index (χ2v) is 5.84. The Morgan fingerprint density at radius 3 is 2.47 bits per heavy atom. The first-order valence-corrected chi connectivity index (χ1v) is 7.29. The smallest absolute Gasteiger partial charge is 0.141 e. The van der Waals surface area contributed by atoms with E-state index in [1.807, 2.05) is 12.1 Å². The molecule has 4 nitrogen and oxygen atoms in total. The summed E-state index contributed by atoms with van der Waals surface area (Å²) in [5, 5.41) is 0. The molecular weight excluding hydrogens is 308 g/mol. The third-order valence-electron chi connectivity index (χ3n) is 3.92. The average Bonchev–Trinajstić information content (AvgIpc) is 3.24. The Balaban J connectivity index is 2.38. The third-order valence-corrected chi connectivity index (χ3v) is 4.67. The second-order valence-electron chi connectivity index (χ2n) is 5.05. The molecule has 0 amide bonds. The van der Waals surface area contributed by atoms with Crippen LogP contribution in [0, 0.1) is 11.8 Å². The van der Waals surface area contributed by atoms with Crippen LogP contribution in [0.5, 0.6) is 11.5 Å². The van der Waals surface area contributed by atoms with Gasteiger partial charge in [0.15, 0.2) is 0 Å². The molecule has 0 spiro atoms. The van der Waals surface area contributed by atoms with Gasteiger partial charge in [0.1, 0.15) is 16.0 Å². The lowest BCUT2D eigenvalue weighted by Gasteiger charge is -2.26. The molecule has 3 N–H and O–H groups in total. The van der Waals surface area contributed by atoms with Crippen LogP contribution in [0.15, 0.2) is 16.6 Å². The van der Waals surface area contributed by atoms with Crippen molar-refractivity contribution in [2.75, 3.05) is 14.2 Å². The van der Waals surface area contributed by atoms with Crippen LogP contribution in [0.4, 0.5) is 0 Å². The van der Waals surface area contributed by atoms with Crippen molar-refractivity contribution >= 4 is 15.9 Å². The predicted octanol–water partition coefficient (Wildman–Crippen LogP) is 3.02. The zero-order chi connectivity index (χ0) is 14.0. The van der Waals surface area contributed by atoms with Gasteiger partial charge in [0.2, 0.25) is 0 Å². The number of hydrogen-bond acceptors (Lipinski definition) is 4. The fraction of sp³-hybridized carbons (Fsp3) is 0.571. The standard InChI is InChI=1S/C14H21BrN2O2/c1-8(9-4-5-9)13(17-16)10-6-7-11(18-2)12(15)14(10)19-3/h6-9,13,17H,4-5,16H2,1-3H3. The van der Waals surface area contributed by atoms with Crippen LogP contribution in [0.2, 0.25) is 0 Å². The fourth-order valence-electron chi connectivity index (χ4n) is 2.58. The minimum absolute atomic E-state index is 0.0876. The molecule has 19 heavy (non-hydrogen) atoms. The minimum Gasteiger partial charge on any atom is -0.495 e. The van der Waals surface area contributed by atoms with Crippen molar-refractivity contribution in [2.24, 2.45) is 17.7 Å². The van der Waals surface area contributed by atoms with Crippen molar-refractivity contribution in [1.82, 2.24) is 5.43 Å². The molecule has 0 heterocycles. The lowest BCUT2D eigenvalue weighted by Crippen LogP contribution is -2.33. The SMILES string of the molecule is COc1ccc(C(NN)C(C)C2CC2)c(OC)c1Br. The van der Waals surface area contributed by atoms with Gasteiger partial charge >= 0.3 is 0 Å². The molecule has 0 aliphatic heterocycles. The zero-order valence-corrected chi connectivity index (χ0v) is 13.2. The summed E-state index contributed by atoms with van der Waals surface area (Å²) < 4.78 is 11.7. The highest BCUT2D eigenvalue weighted by atomic mass is 79.9. The van der Waals surface area contributed by atoms with Crippen molar-refractivity contribution < 1.29 is 9.47 Å². The van der Waals surface area contributed by atoms with E-state index in [0.29, 0.717) is 5.92 Å². The first kappa shape index (κ1) is 14.6. The number of hydrazine groups is 1. The topological polar surface area (TPSA) is 56.5 Å². The van der Waals surface area contributed by atoms with Gasteiger partial charge in [-0.3, -0.25) is 11.3 Å². The molecule has 106 valence electrons. The molecule has 1 fully saturated rings. The first-order valence-electron chi connectivity index (χ1n) is 6.50. The second kappa shape index (κ2) is 6.11. The Hall–Kier alpha value is -0.780. The van der Waals surface area contributed by atoms with Gasteiger partial charge in [0.25, 0.3) is 0 Å². The Morgan fingerprint density at radius 2 is 2.00 bits per heavy atom. The highest BCUT2D eigenvalue weighted by Crippen LogP contribution is 2.46. The summed E-state index contributed by atoms with van der Waals surface area (Å²) in [6.45, 7) is 2.24. The van der Waals surface area contributed by atoms with Crippen molar-refractivity contribution in [3.8, 4) is 11.5 Å². The van der Waals surface area contributed by atoms with E-state index in [9.17, 15) is 0 Å². The number of halogens is 1. The largest absolute Gasteiger partial charge is 0.495 e. The van der Waals surface area contributed by atoms with Gasteiger partial charge < -0.3 is 9.47 Å². The van der Waals surface area contributed by atoms with E-state index < -0.39 is 0 Å². The number of hydrogen-bond donors (Lipinski definition) is 2. The van der Waals surface area contributed by atoms with Gasteiger partial charge in [-0.2, -0.15) is 0 Å². The van der Waals surface area contributed by atoms with E-state index in [1.165, 1.54) is 12.8 Å². The van der Waals surface area contributed by atoms with E-state index in [4.69, 9.17) is 15.3 Å². The molecule has 1 aliphatic rings. The molecule has 1 aliphatic carbocycles. The Labute approximate surface area is 122 Å². The van der Waals surface area contributed by atoms with Crippen molar-refractivity contribution in [1.29, 1.82) is 0 Å². The van der Waals surface area contributed by atoms with Gasteiger partial charge in [-0.15, -0.1) is 0 Å². The third kappa shape index (κ3) is 2.88. The average molecular weight is 329 g/mol. The zero-order valence-electron chi connectivity index (χ0n) is 11.6. The van der Waals surface area contributed by atoms with Crippen LogP contribution in [0.3, 0.4) is 0 Å². The molecule has 1 aromatic rings. The summed E-state index contributed by atoms with van der Waals surface area (Å²) in [5.41, 5.74) is 4.00. The van der Waals surface area contributed by atoms with E-state index in [1.54, 1.807) is 14.2 Å². The number of ether oxygens (including phenoxy) is 2. The lowest BCUT2D eigenvalue weighted by atomic mass is 9.90. The molecular formula is C14H21BrN2O2. The van der Waals surface area contributed by atoms with Crippen LogP contribution >= 0.6 is 15.9 Å². The molecule has 5 heteroatoms. The summed E-state index contributed by atoms with van der Waals surface area (Å²) in [6.07, 6.45) is 2.58. The maximum Gasteiger partial charge on any atom is 0.141 e. The number of methoxy groups -OCH3 is 2. The first-order chi connectivity index (χ1) is 9.13. The normalized spacial score (nSPS) is 17.9. The molecule has 0 aromatic heterocycles. The van der Waals surface area contributed by atoms with Gasteiger partial charge in [0, 0.05) is 5.56 Å². The maximum atomic E-state index is 5.76. The predicted molar refractivity (Wildman–Crippen MR) is 79.2 cm³/mol. The summed E-state index contributed by atoms with van der Waals surface area (Å²) >= 11 is 3.53. The summed E-state index contributed by atoms with van der Waals surface area (Å²) in [5.74, 6) is 8.55. The molecule has 1 saturated carbocycles. The Morgan fingerprint density at radius 1 is 1.32 bits per heavy atom. The Bertz CT molecular complexity index is 449. The van der Waals surface area contributed by atoms with Gasteiger partial charge in [-0.1, -0.05) is 6.92 Å². The van der Waals surface area contributed by atoms with Crippen LogP contribution in [-0.4, -0.2) is 14.2 Å². The monoisotopic (exact) mass is 328 g/mol. The summed E-state index contributed by atoms with van der Waals surface area (Å²) in [6, 6.07) is 4.04. The van der Waals surface area contributed by atoms with Gasteiger partial charge in [-0.05, 0) is 52.7 Å². The molecule has 2 unspecified atom stereocenters. The van der Waals surface area contributed by atoms with Gasteiger partial charge in [0.05, 0.1) is 20.3 Å². The number of rotatable bonds is 6. The van der Waals surface area contributed by atoms with Crippen LogP contribution in [-0.2, 0) is 0 Å². The van der Waals surface area contributed by atoms with Crippen LogP contribution < -0.4 is 20.7 Å². The molecule has 0 radical (unpaired) electrons. The fourth-order valence-corrected chi connectivity index (χ4v) is 3.27. The van der Waals surface area contributed by atoms with E-state index >= 15 is 0 Å². The minimum atomic E-state index is 0.0876. The van der Waals surface area contributed by atoms with Crippen LogP contribution in [0.25, 0.3) is 0 Å². The van der Waals surface area contributed by atoms with E-state index in [0.717, 1.165) is 27.5 Å². The quantitative estimate of drug-likeness (QED) is 0.622. The molecule has 0 saturated heterocycles. The lowest BCUT2D eigenvalue weighted by molar-refractivity contribution is 0.331. The highest BCUT2D eigenvalue weighted by molar-refractivity contribution is 9.10. The molecule has 2 rings (SSSR count). The summed E-state index contributed by atoms with van der Waals surface area (Å²) in [7, 11) is 3.31. The number of benzene rings is 1. The van der Waals surface area contributed by atoms with E-state index in [2.05, 4.69) is 28.3 Å². The molecule has 0 bridgehead atoms.